The zero-order valence-electron chi connectivity index (χ0n) is 22.0. The molecular formula is C27H31F3N4O5. The summed E-state index contributed by atoms with van der Waals surface area (Å²) in [7, 11) is 3.17. The van der Waals surface area contributed by atoms with Crippen molar-refractivity contribution in [1.29, 1.82) is 0 Å². The number of alkyl halides is 3. The van der Waals surface area contributed by atoms with Crippen LogP contribution in [0.2, 0.25) is 0 Å². The topological polar surface area (TPSA) is 89.2 Å². The van der Waals surface area contributed by atoms with Gasteiger partial charge in [0.15, 0.2) is 11.9 Å². The van der Waals surface area contributed by atoms with Gasteiger partial charge in [-0.1, -0.05) is 36.3 Å². The monoisotopic (exact) mass is 548 g/mol. The van der Waals surface area contributed by atoms with E-state index in [1.165, 1.54) is 23.1 Å². The lowest BCUT2D eigenvalue weighted by atomic mass is 9.99. The van der Waals surface area contributed by atoms with Gasteiger partial charge in [-0.2, -0.15) is 13.2 Å². The molecule has 0 amide bonds. The van der Waals surface area contributed by atoms with E-state index >= 15 is 0 Å². The summed E-state index contributed by atoms with van der Waals surface area (Å²) < 4.78 is 63.1. The van der Waals surface area contributed by atoms with Crippen LogP contribution in [-0.4, -0.2) is 72.5 Å². The van der Waals surface area contributed by atoms with E-state index in [1.807, 2.05) is 38.1 Å². The maximum atomic E-state index is 12.8. The third-order valence-corrected chi connectivity index (χ3v) is 6.27. The van der Waals surface area contributed by atoms with Crippen molar-refractivity contribution in [2.24, 2.45) is 5.16 Å². The average molecular weight is 549 g/mol. The third-order valence-electron chi connectivity index (χ3n) is 6.27. The first-order chi connectivity index (χ1) is 18.7. The highest BCUT2D eigenvalue weighted by Gasteiger charge is 2.47. The number of aromatic nitrogens is 3. The fourth-order valence-corrected chi connectivity index (χ4v) is 4.27. The van der Waals surface area contributed by atoms with E-state index < -0.39 is 24.1 Å². The third kappa shape index (κ3) is 6.82. The Morgan fingerprint density at radius 1 is 1.00 bits per heavy atom. The van der Waals surface area contributed by atoms with Crippen molar-refractivity contribution < 1.29 is 37.0 Å². The SMILES string of the molecule is CCCO[C@@H]1[C@@H](OC)[C@H](C)O[C@@H](O/N=C/c2ccc(-n3cnc(-c4ccc(C(F)(F)F)cc4)n3)cc2)[C@@H]1OC. The van der Waals surface area contributed by atoms with Crippen molar-refractivity contribution in [3.05, 3.63) is 66.0 Å². The van der Waals surface area contributed by atoms with E-state index in [-0.39, 0.29) is 18.3 Å². The zero-order valence-corrected chi connectivity index (χ0v) is 22.0. The van der Waals surface area contributed by atoms with Crippen LogP contribution in [0.5, 0.6) is 0 Å². The van der Waals surface area contributed by atoms with Gasteiger partial charge in [0.2, 0.25) is 0 Å². The molecule has 5 atom stereocenters. The van der Waals surface area contributed by atoms with E-state index in [9.17, 15) is 13.2 Å². The molecule has 1 aliphatic rings. The van der Waals surface area contributed by atoms with Gasteiger partial charge in [0, 0.05) is 26.4 Å². The number of oxime groups is 1. The molecule has 0 radical (unpaired) electrons. The number of hydrogen-bond donors (Lipinski definition) is 0. The largest absolute Gasteiger partial charge is 0.416 e. The summed E-state index contributed by atoms with van der Waals surface area (Å²) in [4.78, 5) is 9.86. The minimum atomic E-state index is -4.40. The maximum absolute atomic E-state index is 12.8. The minimum absolute atomic E-state index is 0.294. The highest BCUT2D eigenvalue weighted by molar-refractivity contribution is 5.79. The molecule has 2 aromatic carbocycles. The second-order valence-electron chi connectivity index (χ2n) is 8.96. The lowest BCUT2D eigenvalue weighted by Crippen LogP contribution is -2.59. The fourth-order valence-electron chi connectivity index (χ4n) is 4.27. The van der Waals surface area contributed by atoms with E-state index in [4.69, 9.17) is 23.8 Å². The molecular weight excluding hydrogens is 517 g/mol. The Kier molecular flexibility index (Phi) is 9.33. The molecule has 0 bridgehead atoms. The van der Waals surface area contributed by atoms with Gasteiger partial charge in [0.05, 0.1) is 23.6 Å². The number of nitrogens with zero attached hydrogens (tertiary/aromatic N) is 4. The standard InChI is InChI=1S/C27H31F3N4O5/c1-5-14-37-23-22(35-3)17(2)38-26(24(23)36-4)39-32-15-18-6-12-21(13-7-18)34-16-31-25(33-34)19-8-10-20(11-9-19)27(28,29)30/h6-13,15-17,22-24,26H,5,14H2,1-4H3/b32-15+/t17-,22-,23+,24+,26-/m0/s1. The quantitative estimate of drug-likeness (QED) is 0.264. The van der Waals surface area contributed by atoms with Crippen molar-refractivity contribution >= 4 is 6.21 Å². The number of halogens is 3. The summed E-state index contributed by atoms with van der Waals surface area (Å²) in [5.74, 6) is 0.314. The first kappa shape index (κ1) is 28.7. The molecule has 0 N–H and O–H groups in total. The van der Waals surface area contributed by atoms with Crippen molar-refractivity contribution in [1.82, 2.24) is 14.8 Å². The van der Waals surface area contributed by atoms with Crippen LogP contribution in [0.3, 0.4) is 0 Å². The summed E-state index contributed by atoms with van der Waals surface area (Å²) >= 11 is 0. The Morgan fingerprint density at radius 2 is 1.69 bits per heavy atom. The van der Waals surface area contributed by atoms with Crippen molar-refractivity contribution in [3.63, 3.8) is 0 Å². The lowest BCUT2D eigenvalue weighted by Gasteiger charge is -2.42. The highest BCUT2D eigenvalue weighted by Crippen LogP contribution is 2.31. The van der Waals surface area contributed by atoms with Crippen LogP contribution >= 0.6 is 0 Å². The second-order valence-corrected chi connectivity index (χ2v) is 8.96. The summed E-state index contributed by atoms with van der Waals surface area (Å²) in [5, 5.41) is 8.47. The molecule has 0 aliphatic carbocycles. The zero-order chi connectivity index (χ0) is 28.0. The molecule has 4 rings (SSSR count). The summed E-state index contributed by atoms with van der Waals surface area (Å²) in [6.45, 7) is 4.46. The van der Waals surface area contributed by atoms with E-state index in [2.05, 4.69) is 15.2 Å². The van der Waals surface area contributed by atoms with Gasteiger partial charge < -0.3 is 23.8 Å². The van der Waals surface area contributed by atoms with Crippen LogP contribution in [0.4, 0.5) is 13.2 Å². The van der Waals surface area contributed by atoms with Gasteiger partial charge >= 0.3 is 6.18 Å². The number of ether oxygens (including phenoxy) is 4. The van der Waals surface area contributed by atoms with Crippen LogP contribution < -0.4 is 0 Å². The Balaban J connectivity index is 1.39. The number of benzene rings is 2. The number of rotatable bonds is 10. The van der Waals surface area contributed by atoms with Gasteiger partial charge in [0.25, 0.3) is 6.29 Å². The first-order valence-electron chi connectivity index (χ1n) is 12.5. The van der Waals surface area contributed by atoms with Crippen LogP contribution in [-0.2, 0) is 30.0 Å². The van der Waals surface area contributed by atoms with Crippen molar-refractivity contribution in [3.8, 4) is 17.1 Å². The normalized spacial score (nSPS) is 23.8. The first-order valence-corrected chi connectivity index (χ1v) is 12.5. The molecule has 9 nitrogen and oxygen atoms in total. The van der Waals surface area contributed by atoms with Crippen molar-refractivity contribution in [2.75, 3.05) is 20.8 Å². The van der Waals surface area contributed by atoms with Crippen LogP contribution in [0, 0.1) is 0 Å². The summed E-state index contributed by atoms with van der Waals surface area (Å²) in [6.07, 6.45) is -2.81. The highest BCUT2D eigenvalue weighted by atomic mass is 19.4. The predicted octanol–water partition coefficient (Wildman–Crippen LogP) is 4.87. The second kappa shape index (κ2) is 12.7. The number of methoxy groups -OCH3 is 2. The smallest absolute Gasteiger partial charge is 0.376 e. The minimum Gasteiger partial charge on any atom is -0.376 e. The van der Waals surface area contributed by atoms with Gasteiger partial charge in [-0.25, -0.2) is 9.67 Å². The Morgan fingerprint density at radius 3 is 2.31 bits per heavy atom. The molecule has 39 heavy (non-hydrogen) atoms. The maximum Gasteiger partial charge on any atom is 0.416 e. The molecule has 2 heterocycles. The van der Waals surface area contributed by atoms with E-state index in [0.29, 0.717) is 23.7 Å². The lowest BCUT2D eigenvalue weighted by molar-refractivity contribution is -0.308. The average Bonchev–Trinajstić information content (AvgIpc) is 3.42. The molecule has 1 aliphatic heterocycles. The molecule has 1 saturated heterocycles. The van der Waals surface area contributed by atoms with Gasteiger partial charge in [-0.3, -0.25) is 0 Å². The summed E-state index contributed by atoms with van der Waals surface area (Å²) in [6, 6.07) is 12.0. The summed E-state index contributed by atoms with van der Waals surface area (Å²) in [5.41, 5.74) is 1.23. The molecule has 210 valence electrons. The molecule has 0 unspecified atom stereocenters. The Hall–Kier alpha value is -3.32. The Bertz CT molecular complexity index is 1220. The molecule has 0 spiro atoms. The van der Waals surface area contributed by atoms with Crippen molar-refractivity contribution in [2.45, 2.75) is 57.2 Å². The van der Waals surface area contributed by atoms with Crippen LogP contribution in [0.15, 0.2) is 60.0 Å². The fraction of sp³-hybridized carbons (Fsp3) is 0.444. The van der Waals surface area contributed by atoms with Gasteiger partial charge in [-0.05, 0) is 43.2 Å². The van der Waals surface area contributed by atoms with Crippen LogP contribution in [0.1, 0.15) is 31.4 Å². The molecule has 1 fully saturated rings. The Labute approximate surface area is 224 Å². The van der Waals surface area contributed by atoms with E-state index in [1.54, 1.807) is 20.4 Å². The number of hydrogen-bond acceptors (Lipinski definition) is 8. The predicted molar refractivity (Wildman–Crippen MR) is 136 cm³/mol. The molecule has 0 saturated carbocycles. The van der Waals surface area contributed by atoms with E-state index in [0.717, 1.165) is 24.1 Å². The van der Waals surface area contributed by atoms with Crippen LogP contribution in [0.25, 0.3) is 17.1 Å². The van der Waals surface area contributed by atoms with Gasteiger partial charge in [0.1, 0.15) is 18.5 Å². The van der Waals surface area contributed by atoms with Gasteiger partial charge in [-0.15, -0.1) is 5.10 Å². The molecule has 12 heteroatoms. The molecule has 3 aromatic rings. The molecule has 1 aromatic heterocycles.